The van der Waals surface area contributed by atoms with E-state index >= 15 is 0 Å². The Hall–Kier alpha value is -0.220. The first kappa shape index (κ1) is 9.86. The molecular weight excluding hydrogens is 163 g/mol. The van der Waals surface area contributed by atoms with Crippen molar-refractivity contribution in [1.29, 1.82) is 0 Å². The summed E-state index contributed by atoms with van der Waals surface area (Å²) < 4.78 is 0. The third kappa shape index (κ3) is 2.14. The van der Waals surface area contributed by atoms with Gasteiger partial charge in [0, 0.05) is 7.55 Å². The number of hydrogen-bond donors (Lipinski definition) is 0. The maximum atomic E-state index is 4.16. The molecule has 0 nitrogen and oxygen atoms in total. The van der Waals surface area contributed by atoms with Crippen molar-refractivity contribution in [2.24, 2.45) is 0 Å². The van der Waals surface area contributed by atoms with Gasteiger partial charge in [0.15, 0.2) is 0 Å². The van der Waals surface area contributed by atoms with Crippen LogP contribution in [0, 0.1) is 5.66 Å². The van der Waals surface area contributed by atoms with E-state index in [1.807, 2.05) is 0 Å². The van der Waals surface area contributed by atoms with E-state index in [0.717, 1.165) is 0 Å². The molecule has 68 valence electrons. The zero-order chi connectivity index (χ0) is 8.97. The Morgan fingerprint density at radius 2 is 2.33 bits per heavy atom. The van der Waals surface area contributed by atoms with Crippen LogP contribution in [0.4, 0.5) is 0 Å². The van der Waals surface area contributed by atoms with Gasteiger partial charge < -0.3 is 0 Å². The lowest BCUT2D eigenvalue weighted by molar-refractivity contribution is 0.808. The Bertz CT molecular complexity index is 191. The molecule has 12 heavy (non-hydrogen) atoms. The Morgan fingerprint density at radius 3 is 2.83 bits per heavy atom. The zero-order valence-corrected chi connectivity index (χ0v) is 9.16. The highest BCUT2D eigenvalue weighted by Crippen LogP contribution is 2.54. The molecule has 1 saturated heterocycles. The van der Waals surface area contributed by atoms with E-state index in [0.29, 0.717) is 0 Å². The molecule has 0 aromatic carbocycles. The minimum atomic E-state index is 0.0570. The Kier molecular flexibility index (Phi) is 3.88. The van der Waals surface area contributed by atoms with Crippen molar-refractivity contribution >= 4 is 13.8 Å². The molecule has 0 amide bonds. The van der Waals surface area contributed by atoms with Crippen molar-refractivity contribution in [2.45, 2.75) is 39.5 Å². The van der Waals surface area contributed by atoms with Crippen molar-refractivity contribution in [2.75, 3.05) is 6.16 Å². The minimum Gasteiger partial charge on any atom is -0.219 e. The van der Waals surface area contributed by atoms with Crippen molar-refractivity contribution in [1.82, 2.24) is 0 Å². The summed E-state index contributed by atoms with van der Waals surface area (Å²) >= 11 is 0. The predicted molar refractivity (Wildman–Crippen MR) is 60.1 cm³/mol. The molecule has 0 aromatic heterocycles. The van der Waals surface area contributed by atoms with Gasteiger partial charge in [-0.05, 0) is 5.66 Å². The topological polar surface area (TPSA) is 0 Å². The van der Waals surface area contributed by atoms with Crippen LogP contribution in [0.3, 0.4) is 0 Å². The molecule has 1 rings (SSSR count). The minimum absolute atomic E-state index is 0.0570. The number of hydrogen-bond acceptors (Lipinski definition) is 0. The average Bonchev–Trinajstić information content (AvgIpc) is 2.04. The predicted octanol–water partition coefficient (Wildman–Crippen LogP) is 3.97. The maximum absolute atomic E-state index is 4.16. The molecule has 0 radical (unpaired) electrons. The van der Waals surface area contributed by atoms with E-state index in [2.05, 4.69) is 26.2 Å². The number of rotatable bonds is 4. The van der Waals surface area contributed by atoms with E-state index in [1.54, 1.807) is 11.2 Å². The Labute approximate surface area is 77.5 Å². The van der Waals surface area contributed by atoms with Crippen molar-refractivity contribution < 1.29 is 0 Å². The summed E-state index contributed by atoms with van der Waals surface area (Å²) in [5.74, 6) is 0. The summed E-state index contributed by atoms with van der Waals surface area (Å²) in [7, 11) is 0.0570. The molecule has 1 fully saturated rings. The second-order valence-electron chi connectivity index (χ2n) is 3.37. The van der Waals surface area contributed by atoms with Gasteiger partial charge in [0.2, 0.25) is 0 Å². The van der Waals surface area contributed by atoms with Gasteiger partial charge in [-0.1, -0.05) is 33.1 Å². The van der Waals surface area contributed by atoms with Gasteiger partial charge in [0.05, 0.1) is 12.5 Å². The second kappa shape index (κ2) is 4.72. The van der Waals surface area contributed by atoms with Crippen LogP contribution in [-0.2, 0) is 0 Å². The lowest BCUT2D eigenvalue weighted by atomic mass is 10.1. The van der Waals surface area contributed by atoms with E-state index in [9.17, 15) is 0 Å². The van der Waals surface area contributed by atoms with Gasteiger partial charge in [-0.2, -0.15) is 0 Å². The smallest absolute Gasteiger partial charge is 0.0908 e. The lowest BCUT2D eigenvalue weighted by Crippen LogP contribution is -2.11. The molecular formula is C11H19P. The molecule has 0 N–H and O–H groups in total. The molecule has 0 aromatic rings. The first-order valence-electron chi connectivity index (χ1n) is 4.92. The summed E-state index contributed by atoms with van der Waals surface area (Å²) in [5.41, 5.74) is 3.30. The summed E-state index contributed by atoms with van der Waals surface area (Å²) in [6, 6.07) is 0. The van der Waals surface area contributed by atoms with Crippen LogP contribution in [0.2, 0.25) is 0 Å². The van der Waals surface area contributed by atoms with Gasteiger partial charge in [-0.25, -0.2) is 6.08 Å². The van der Waals surface area contributed by atoms with Gasteiger partial charge in [0.1, 0.15) is 0 Å². The van der Waals surface area contributed by atoms with E-state index in [4.69, 9.17) is 0 Å². The normalized spacial score (nSPS) is 23.0. The monoisotopic (exact) mass is 182 g/mol. The molecule has 1 aliphatic rings. The molecule has 1 atom stereocenters. The van der Waals surface area contributed by atoms with Crippen molar-refractivity contribution in [3.05, 3.63) is 17.3 Å². The molecule has 1 aliphatic heterocycles. The van der Waals surface area contributed by atoms with E-state index < -0.39 is 0 Å². The fourth-order valence-corrected chi connectivity index (χ4v) is 3.29. The van der Waals surface area contributed by atoms with Crippen LogP contribution in [0.5, 0.6) is 0 Å². The lowest BCUT2D eigenvalue weighted by Gasteiger charge is -2.31. The first-order chi connectivity index (χ1) is 5.79. The molecule has 0 saturated carbocycles. The summed E-state index contributed by atoms with van der Waals surface area (Å²) in [4.78, 5) is 0. The van der Waals surface area contributed by atoms with Crippen LogP contribution in [0.25, 0.3) is 0 Å². The van der Waals surface area contributed by atoms with Gasteiger partial charge >= 0.3 is 0 Å². The van der Waals surface area contributed by atoms with Gasteiger partial charge in [-0.3, -0.25) is 0 Å². The Balaban J connectivity index is 2.33. The average molecular weight is 182 g/mol. The van der Waals surface area contributed by atoms with Crippen LogP contribution >= 0.6 is 7.55 Å². The zero-order valence-electron chi connectivity index (χ0n) is 8.27. The molecule has 0 aliphatic carbocycles. The van der Waals surface area contributed by atoms with Crippen LogP contribution < -0.4 is 0 Å². The fraction of sp³-hybridized carbons (Fsp3) is 0.636. The number of unbranched alkanes of at least 4 members (excludes halogenated alkanes) is 2. The third-order valence-electron chi connectivity index (χ3n) is 2.40. The molecule has 0 bridgehead atoms. The van der Waals surface area contributed by atoms with Crippen LogP contribution in [-0.4, -0.2) is 12.5 Å². The molecule has 1 heterocycles. The van der Waals surface area contributed by atoms with Crippen LogP contribution in [0.15, 0.2) is 11.6 Å². The van der Waals surface area contributed by atoms with E-state index in [-0.39, 0.29) is 7.55 Å². The Morgan fingerprint density at radius 1 is 1.58 bits per heavy atom. The third-order valence-corrected chi connectivity index (χ3v) is 4.49. The summed E-state index contributed by atoms with van der Waals surface area (Å²) in [6.07, 6.45) is 13.1. The molecule has 1 unspecified atom stereocenters. The largest absolute Gasteiger partial charge is 0.219 e. The molecule has 0 spiro atoms. The SMILES string of the molecule is C=[P+]1C/C(=C/CCCC)[C-]1CC. The number of allylic oxidation sites excluding steroid dienone is 2. The summed E-state index contributed by atoms with van der Waals surface area (Å²) in [6.45, 7) is 4.50. The highest BCUT2D eigenvalue weighted by atomic mass is 31.1. The van der Waals surface area contributed by atoms with Gasteiger partial charge in [0.25, 0.3) is 0 Å². The summed E-state index contributed by atoms with van der Waals surface area (Å²) in [5, 5.41) is 0. The fourth-order valence-electron chi connectivity index (χ4n) is 1.62. The highest BCUT2D eigenvalue weighted by molar-refractivity contribution is 7.61. The first-order valence-corrected chi connectivity index (χ1v) is 6.64. The van der Waals surface area contributed by atoms with E-state index in [1.165, 1.54) is 31.8 Å². The van der Waals surface area contributed by atoms with Crippen molar-refractivity contribution in [3.63, 3.8) is 0 Å². The quantitative estimate of drug-likeness (QED) is 0.350. The van der Waals surface area contributed by atoms with Crippen molar-refractivity contribution in [3.8, 4) is 0 Å². The second-order valence-corrected chi connectivity index (χ2v) is 5.31. The standard InChI is InChI=1S/C11H19P/c1-4-6-7-8-10-9-12(3)11(10)5-2/h8H,3-7,9H2,1-2H3/b10-8-. The maximum Gasteiger partial charge on any atom is 0.0908 e. The van der Waals surface area contributed by atoms with Gasteiger partial charge in [-0.15, -0.1) is 12.0 Å². The van der Waals surface area contributed by atoms with Crippen LogP contribution in [0.1, 0.15) is 39.5 Å². The highest BCUT2D eigenvalue weighted by Gasteiger charge is 2.27. The molecule has 1 heteroatoms.